The van der Waals surface area contributed by atoms with Crippen LogP contribution in [0.25, 0.3) is 0 Å². The molecule has 0 bridgehead atoms. The van der Waals surface area contributed by atoms with E-state index in [2.05, 4.69) is 4.90 Å². The van der Waals surface area contributed by atoms with Crippen LogP contribution in [0.2, 0.25) is 0 Å². The van der Waals surface area contributed by atoms with Crippen molar-refractivity contribution in [2.75, 3.05) is 33.7 Å². The van der Waals surface area contributed by atoms with Crippen LogP contribution in [0, 0.1) is 0 Å². The number of carbonyl (C=O) groups is 1. The van der Waals surface area contributed by atoms with Gasteiger partial charge in [-0.1, -0.05) is 0 Å². The summed E-state index contributed by atoms with van der Waals surface area (Å²) in [6, 6.07) is 0. The van der Waals surface area contributed by atoms with Crippen molar-refractivity contribution in [3.63, 3.8) is 0 Å². The van der Waals surface area contributed by atoms with E-state index in [4.69, 9.17) is 5.11 Å². The zero-order valence-corrected chi connectivity index (χ0v) is 8.08. The van der Waals surface area contributed by atoms with E-state index in [1.807, 2.05) is 21.0 Å². The molecule has 1 N–H and O–H groups in total. The highest BCUT2D eigenvalue weighted by Crippen LogP contribution is 1.92. The maximum atomic E-state index is 10.5. The van der Waals surface area contributed by atoms with Crippen LogP contribution in [0.4, 0.5) is 4.79 Å². The van der Waals surface area contributed by atoms with Gasteiger partial charge in [0.2, 0.25) is 0 Å². The lowest BCUT2D eigenvalue weighted by Crippen LogP contribution is -2.31. The average molecular weight is 174 g/mol. The van der Waals surface area contributed by atoms with E-state index in [-0.39, 0.29) is 0 Å². The molecule has 0 rings (SSSR count). The first-order valence-electron chi connectivity index (χ1n) is 4.20. The number of carboxylic acid groups (broad SMARTS) is 1. The zero-order valence-electron chi connectivity index (χ0n) is 8.08. The molecule has 0 radical (unpaired) electrons. The Hall–Kier alpha value is -0.770. The lowest BCUT2D eigenvalue weighted by atomic mass is 10.4. The van der Waals surface area contributed by atoms with Crippen LogP contribution in [-0.4, -0.2) is 54.7 Å². The number of nitrogens with zero attached hydrogens (tertiary/aromatic N) is 2. The Morgan fingerprint density at radius 3 is 2.25 bits per heavy atom. The molecule has 0 fully saturated rings. The van der Waals surface area contributed by atoms with Gasteiger partial charge in [-0.3, -0.25) is 0 Å². The molecule has 0 atom stereocenters. The van der Waals surface area contributed by atoms with Crippen molar-refractivity contribution in [2.24, 2.45) is 0 Å². The molecule has 0 saturated carbocycles. The van der Waals surface area contributed by atoms with Crippen molar-refractivity contribution in [3.8, 4) is 0 Å². The van der Waals surface area contributed by atoms with E-state index >= 15 is 0 Å². The second-order valence-corrected chi connectivity index (χ2v) is 3.02. The molecular weight excluding hydrogens is 156 g/mol. The molecule has 72 valence electrons. The first kappa shape index (κ1) is 11.2. The van der Waals surface area contributed by atoms with Crippen LogP contribution in [0.15, 0.2) is 0 Å². The summed E-state index contributed by atoms with van der Waals surface area (Å²) in [7, 11) is 3.97. The Morgan fingerprint density at radius 1 is 1.33 bits per heavy atom. The summed E-state index contributed by atoms with van der Waals surface area (Å²) in [5, 5.41) is 8.65. The number of hydrogen-bond acceptors (Lipinski definition) is 2. The smallest absolute Gasteiger partial charge is 0.407 e. The van der Waals surface area contributed by atoms with E-state index in [9.17, 15) is 4.79 Å². The molecular formula is C8H18N2O2. The molecule has 1 amide bonds. The molecule has 0 aliphatic heterocycles. The maximum Gasteiger partial charge on any atom is 0.407 e. The molecule has 0 heterocycles. The largest absolute Gasteiger partial charge is 0.465 e. The van der Waals surface area contributed by atoms with Gasteiger partial charge in [0.15, 0.2) is 0 Å². The third kappa shape index (κ3) is 4.96. The van der Waals surface area contributed by atoms with Crippen LogP contribution in [0.5, 0.6) is 0 Å². The summed E-state index contributed by atoms with van der Waals surface area (Å²) >= 11 is 0. The van der Waals surface area contributed by atoms with Gasteiger partial charge in [-0.15, -0.1) is 0 Å². The maximum absolute atomic E-state index is 10.5. The van der Waals surface area contributed by atoms with Gasteiger partial charge in [0.25, 0.3) is 0 Å². The Kier molecular flexibility index (Phi) is 5.45. The molecule has 0 spiro atoms. The van der Waals surface area contributed by atoms with Crippen molar-refractivity contribution in [1.82, 2.24) is 9.80 Å². The highest BCUT2D eigenvalue weighted by atomic mass is 16.4. The van der Waals surface area contributed by atoms with E-state index in [0.717, 1.165) is 13.0 Å². The number of amides is 1. The van der Waals surface area contributed by atoms with Gasteiger partial charge in [-0.2, -0.15) is 0 Å². The first-order valence-corrected chi connectivity index (χ1v) is 4.20. The third-order valence-electron chi connectivity index (χ3n) is 1.69. The van der Waals surface area contributed by atoms with E-state index in [1.165, 1.54) is 4.90 Å². The highest BCUT2D eigenvalue weighted by molar-refractivity contribution is 5.64. The molecule has 0 aromatic heterocycles. The van der Waals surface area contributed by atoms with Gasteiger partial charge >= 0.3 is 6.09 Å². The predicted molar refractivity (Wildman–Crippen MR) is 48.4 cm³/mol. The molecule has 0 saturated heterocycles. The minimum atomic E-state index is -0.823. The predicted octanol–water partition coefficient (Wildman–Crippen LogP) is 0.938. The second kappa shape index (κ2) is 5.83. The number of hydrogen-bond donors (Lipinski definition) is 1. The molecule has 0 aliphatic rings. The van der Waals surface area contributed by atoms with Crippen LogP contribution >= 0.6 is 0 Å². The monoisotopic (exact) mass is 174 g/mol. The lowest BCUT2D eigenvalue weighted by Gasteiger charge is -2.17. The lowest BCUT2D eigenvalue weighted by molar-refractivity contribution is 0.146. The Morgan fingerprint density at radius 2 is 1.92 bits per heavy atom. The fraction of sp³-hybridized carbons (Fsp3) is 0.875. The van der Waals surface area contributed by atoms with Gasteiger partial charge in [-0.05, 0) is 34.0 Å². The highest BCUT2D eigenvalue weighted by Gasteiger charge is 2.07. The second-order valence-electron chi connectivity index (χ2n) is 3.02. The Balaban J connectivity index is 3.52. The van der Waals surface area contributed by atoms with E-state index in [1.54, 1.807) is 0 Å². The van der Waals surface area contributed by atoms with E-state index < -0.39 is 6.09 Å². The fourth-order valence-corrected chi connectivity index (χ4v) is 0.967. The summed E-state index contributed by atoms with van der Waals surface area (Å²) in [6.45, 7) is 3.99. The van der Waals surface area contributed by atoms with Gasteiger partial charge in [0.05, 0.1) is 0 Å². The summed E-state index contributed by atoms with van der Waals surface area (Å²) in [5.41, 5.74) is 0. The molecule has 0 aliphatic carbocycles. The third-order valence-corrected chi connectivity index (χ3v) is 1.69. The van der Waals surface area contributed by atoms with Crippen LogP contribution in [-0.2, 0) is 0 Å². The molecule has 0 aromatic carbocycles. The molecule has 4 nitrogen and oxygen atoms in total. The summed E-state index contributed by atoms with van der Waals surface area (Å²) in [5.74, 6) is 0. The van der Waals surface area contributed by atoms with Crippen molar-refractivity contribution < 1.29 is 9.90 Å². The van der Waals surface area contributed by atoms with Gasteiger partial charge < -0.3 is 14.9 Å². The van der Waals surface area contributed by atoms with Crippen molar-refractivity contribution in [3.05, 3.63) is 0 Å². The molecule has 12 heavy (non-hydrogen) atoms. The SMILES string of the molecule is CCN(CCCN(C)C)C(=O)O. The number of rotatable bonds is 5. The van der Waals surface area contributed by atoms with Crippen molar-refractivity contribution in [2.45, 2.75) is 13.3 Å². The Labute approximate surface area is 73.8 Å². The van der Waals surface area contributed by atoms with Crippen molar-refractivity contribution in [1.29, 1.82) is 0 Å². The molecule has 4 heteroatoms. The van der Waals surface area contributed by atoms with Crippen molar-refractivity contribution >= 4 is 6.09 Å². The van der Waals surface area contributed by atoms with Gasteiger partial charge in [0.1, 0.15) is 0 Å². The molecule has 0 aromatic rings. The Bertz CT molecular complexity index is 137. The minimum absolute atomic E-state index is 0.572. The summed E-state index contributed by atoms with van der Waals surface area (Å²) in [4.78, 5) is 14.0. The summed E-state index contributed by atoms with van der Waals surface area (Å²) < 4.78 is 0. The normalized spacial score (nSPS) is 10.3. The van der Waals surface area contributed by atoms with Gasteiger partial charge in [-0.25, -0.2) is 4.79 Å². The van der Waals surface area contributed by atoms with Crippen LogP contribution in [0.1, 0.15) is 13.3 Å². The minimum Gasteiger partial charge on any atom is -0.465 e. The zero-order chi connectivity index (χ0) is 9.56. The quantitative estimate of drug-likeness (QED) is 0.674. The topological polar surface area (TPSA) is 43.8 Å². The average Bonchev–Trinajstić information content (AvgIpc) is 1.96. The first-order chi connectivity index (χ1) is 5.57. The summed E-state index contributed by atoms with van der Waals surface area (Å²) in [6.07, 6.45) is 0.0731. The van der Waals surface area contributed by atoms with Crippen LogP contribution < -0.4 is 0 Å². The van der Waals surface area contributed by atoms with E-state index in [0.29, 0.717) is 13.1 Å². The molecule has 0 unspecified atom stereocenters. The fourth-order valence-electron chi connectivity index (χ4n) is 0.967. The van der Waals surface area contributed by atoms with Gasteiger partial charge in [0, 0.05) is 13.1 Å². The van der Waals surface area contributed by atoms with Crippen LogP contribution in [0.3, 0.4) is 0 Å². The standard InChI is InChI=1S/C8H18N2O2/c1-4-10(8(11)12)7-5-6-9(2)3/h4-7H2,1-3H3,(H,11,12).